The number of hydrogen-bond acceptors (Lipinski definition) is 1. The third kappa shape index (κ3) is 6.72. The Bertz CT molecular complexity index is 597. The second-order valence-corrected chi connectivity index (χ2v) is 8.34. The third-order valence-corrected chi connectivity index (χ3v) is 5.03. The number of allylic oxidation sites excluding steroid dienone is 9. The molecule has 0 saturated heterocycles. The third-order valence-electron chi connectivity index (χ3n) is 4.67. The van der Waals surface area contributed by atoms with Crippen molar-refractivity contribution in [3.63, 3.8) is 0 Å². The molecule has 1 aliphatic carbocycles. The molecule has 0 spiro atoms. The van der Waals surface area contributed by atoms with E-state index in [1.165, 1.54) is 41.6 Å². The van der Waals surface area contributed by atoms with Gasteiger partial charge in [0, 0.05) is 0 Å². The molecule has 0 heterocycles. The van der Waals surface area contributed by atoms with E-state index in [-0.39, 0.29) is 0 Å². The number of rotatable bonds is 6. The van der Waals surface area contributed by atoms with Gasteiger partial charge in [0.15, 0.2) is 0 Å². The van der Waals surface area contributed by atoms with Crippen molar-refractivity contribution in [1.29, 1.82) is 0 Å². The fourth-order valence-electron chi connectivity index (χ4n) is 3.93. The molecule has 24 heavy (non-hydrogen) atoms. The molecule has 1 aliphatic rings. The van der Waals surface area contributed by atoms with Crippen LogP contribution < -0.4 is 0 Å². The molecule has 0 fully saturated rings. The van der Waals surface area contributed by atoms with Gasteiger partial charge < -0.3 is 3.07 Å². The standard InChI is InChI=1S/C22H33IO/c1-16(10-12-24-23)13-17(2)14-18(3)15-20(5)21-19(4)9-8-11-22(21,6)7/h10,13-15H,8-9,11-12H2,1-7H3/b16-10+,17-13+,18-14+,20-15+. The van der Waals surface area contributed by atoms with E-state index in [2.05, 4.69) is 72.8 Å². The highest BCUT2D eigenvalue weighted by Gasteiger charge is 2.28. The largest absolute Gasteiger partial charge is 0.312 e. The Kier molecular flexibility index (Phi) is 8.72. The summed E-state index contributed by atoms with van der Waals surface area (Å²) >= 11 is 1.92. The van der Waals surface area contributed by atoms with Crippen molar-refractivity contribution in [3.05, 3.63) is 57.7 Å². The van der Waals surface area contributed by atoms with Gasteiger partial charge in [-0.15, -0.1) is 0 Å². The molecule has 0 aliphatic heterocycles. The zero-order chi connectivity index (χ0) is 18.3. The molecule has 0 unspecified atom stereocenters. The van der Waals surface area contributed by atoms with E-state index >= 15 is 0 Å². The van der Waals surface area contributed by atoms with Crippen molar-refractivity contribution in [2.45, 2.75) is 67.7 Å². The quantitative estimate of drug-likeness (QED) is 0.304. The first-order chi connectivity index (χ1) is 11.2. The predicted octanol–water partition coefficient (Wildman–Crippen LogP) is 7.66. The van der Waals surface area contributed by atoms with Gasteiger partial charge in [0.05, 0.1) is 6.61 Å². The molecule has 0 aromatic heterocycles. The molecule has 0 atom stereocenters. The summed E-state index contributed by atoms with van der Waals surface area (Å²) in [5.41, 5.74) is 8.67. The molecular formula is C22H33IO. The predicted molar refractivity (Wildman–Crippen MR) is 115 cm³/mol. The Balaban J connectivity index is 3.01. The summed E-state index contributed by atoms with van der Waals surface area (Å²) in [5, 5.41) is 0. The molecule has 0 amide bonds. The van der Waals surface area contributed by atoms with Crippen molar-refractivity contribution in [3.8, 4) is 0 Å². The van der Waals surface area contributed by atoms with Gasteiger partial charge >= 0.3 is 0 Å². The van der Waals surface area contributed by atoms with Crippen molar-refractivity contribution in [2.75, 3.05) is 6.61 Å². The zero-order valence-corrected chi connectivity index (χ0v) is 18.6. The van der Waals surface area contributed by atoms with E-state index in [0.29, 0.717) is 12.0 Å². The van der Waals surface area contributed by atoms with Crippen LogP contribution in [0, 0.1) is 5.41 Å². The number of hydrogen-bond donors (Lipinski definition) is 0. The fraction of sp³-hybridized carbons (Fsp3) is 0.545. The average molecular weight is 440 g/mol. The van der Waals surface area contributed by atoms with Crippen LogP contribution in [-0.2, 0) is 3.07 Å². The van der Waals surface area contributed by atoms with Crippen LogP contribution in [0.25, 0.3) is 0 Å². The molecule has 0 N–H and O–H groups in total. The van der Waals surface area contributed by atoms with E-state index in [0.717, 1.165) is 0 Å². The smallest absolute Gasteiger partial charge is 0.110 e. The summed E-state index contributed by atoms with van der Waals surface area (Å²) in [6, 6.07) is 0. The maximum atomic E-state index is 5.06. The van der Waals surface area contributed by atoms with Crippen LogP contribution in [0.1, 0.15) is 67.7 Å². The van der Waals surface area contributed by atoms with Gasteiger partial charge in [0.1, 0.15) is 23.0 Å². The van der Waals surface area contributed by atoms with Crippen LogP contribution in [0.2, 0.25) is 0 Å². The van der Waals surface area contributed by atoms with E-state index in [1.54, 1.807) is 11.1 Å². The Morgan fingerprint density at radius 2 is 1.62 bits per heavy atom. The topological polar surface area (TPSA) is 9.23 Å². The Morgan fingerprint density at radius 1 is 1.04 bits per heavy atom. The minimum absolute atomic E-state index is 0.298. The SMILES string of the molecule is CC1=C(/C(C)=C/C(C)=C/C(C)=C/C(C)=C/COI)C(C)(C)CCC1. The Hall–Kier alpha value is -0.610. The summed E-state index contributed by atoms with van der Waals surface area (Å²) in [7, 11) is 0. The zero-order valence-electron chi connectivity index (χ0n) is 16.4. The van der Waals surface area contributed by atoms with Crippen LogP contribution in [0.3, 0.4) is 0 Å². The molecule has 1 nitrogen and oxygen atoms in total. The summed E-state index contributed by atoms with van der Waals surface area (Å²) in [6.07, 6.45) is 12.8. The Morgan fingerprint density at radius 3 is 2.21 bits per heavy atom. The van der Waals surface area contributed by atoms with Crippen LogP contribution in [-0.4, -0.2) is 6.61 Å². The van der Waals surface area contributed by atoms with Gasteiger partial charge in [-0.25, -0.2) is 0 Å². The van der Waals surface area contributed by atoms with Gasteiger partial charge in [0.25, 0.3) is 0 Å². The van der Waals surface area contributed by atoms with E-state index in [9.17, 15) is 0 Å². The van der Waals surface area contributed by atoms with Gasteiger partial charge in [-0.1, -0.05) is 60.4 Å². The molecule has 0 aromatic rings. The summed E-state index contributed by atoms with van der Waals surface area (Å²) in [4.78, 5) is 0. The first-order valence-electron chi connectivity index (χ1n) is 8.83. The molecule has 2 heteroatoms. The lowest BCUT2D eigenvalue weighted by molar-refractivity contribution is 0.372. The molecule has 1 rings (SSSR count). The maximum absolute atomic E-state index is 5.06. The lowest BCUT2D eigenvalue weighted by Gasteiger charge is -2.35. The summed E-state index contributed by atoms with van der Waals surface area (Å²) in [6.45, 7) is 16.5. The van der Waals surface area contributed by atoms with Crippen molar-refractivity contribution < 1.29 is 3.07 Å². The highest BCUT2D eigenvalue weighted by Crippen LogP contribution is 2.43. The molecule has 0 aromatic carbocycles. The lowest BCUT2D eigenvalue weighted by Crippen LogP contribution is -2.21. The molecular weight excluding hydrogens is 407 g/mol. The van der Waals surface area contributed by atoms with Gasteiger partial charge in [-0.2, -0.15) is 0 Å². The molecule has 0 radical (unpaired) electrons. The van der Waals surface area contributed by atoms with Crippen LogP contribution in [0.15, 0.2) is 57.7 Å². The van der Waals surface area contributed by atoms with Crippen molar-refractivity contribution in [1.82, 2.24) is 0 Å². The molecule has 134 valence electrons. The highest BCUT2D eigenvalue weighted by molar-refractivity contribution is 14.1. The van der Waals surface area contributed by atoms with Crippen LogP contribution in [0.5, 0.6) is 0 Å². The van der Waals surface area contributed by atoms with Crippen LogP contribution >= 0.6 is 23.0 Å². The summed E-state index contributed by atoms with van der Waals surface area (Å²) in [5.74, 6) is 0. The fourth-order valence-corrected chi connectivity index (χ4v) is 4.11. The second kappa shape index (κ2) is 9.76. The first kappa shape index (κ1) is 21.4. The minimum atomic E-state index is 0.298. The second-order valence-electron chi connectivity index (χ2n) is 7.72. The van der Waals surface area contributed by atoms with E-state index in [1.807, 2.05) is 23.0 Å². The van der Waals surface area contributed by atoms with E-state index in [4.69, 9.17) is 3.07 Å². The van der Waals surface area contributed by atoms with Crippen molar-refractivity contribution >= 4 is 23.0 Å². The Labute approximate surface area is 163 Å². The molecule has 0 bridgehead atoms. The van der Waals surface area contributed by atoms with Gasteiger partial charge in [-0.05, 0) is 70.4 Å². The van der Waals surface area contributed by atoms with Gasteiger partial charge in [0.2, 0.25) is 0 Å². The normalized spacial score (nSPS) is 20.7. The molecule has 0 saturated carbocycles. The minimum Gasteiger partial charge on any atom is -0.312 e. The highest BCUT2D eigenvalue weighted by atomic mass is 127. The summed E-state index contributed by atoms with van der Waals surface area (Å²) < 4.78 is 5.06. The lowest BCUT2D eigenvalue weighted by atomic mass is 9.70. The maximum Gasteiger partial charge on any atom is 0.110 e. The monoisotopic (exact) mass is 440 g/mol. The van der Waals surface area contributed by atoms with Gasteiger partial charge in [-0.3, -0.25) is 0 Å². The van der Waals surface area contributed by atoms with Crippen molar-refractivity contribution in [2.24, 2.45) is 5.41 Å². The van der Waals surface area contributed by atoms with E-state index < -0.39 is 0 Å². The van der Waals surface area contributed by atoms with Crippen LogP contribution in [0.4, 0.5) is 0 Å². The first-order valence-corrected chi connectivity index (χ1v) is 9.71. The number of halogens is 1. The average Bonchev–Trinajstić information content (AvgIpc) is 2.43.